The van der Waals surface area contributed by atoms with E-state index in [0.717, 1.165) is 15.6 Å². The highest BCUT2D eigenvalue weighted by molar-refractivity contribution is 9.10. The van der Waals surface area contributed by atoms with Crippen molar-refractivity contribution < 1.29 is 8.42 Å². The first-order valence-electron chi connectivity index (χ1n) is 6.02. The zero-order valence-corrected chi connectivity index (χ0v) is 13.1. The van der Waals surface area contributed by atoms with Gasteiger partial charge in [0.25, 0.3) is 0 Å². The molecule has 0 heterocycles. The Hall–Kier alpha value is -1.21. The zero-order chi connectivity index (χ0) is 14.6. The number of nitrogens with two attached hydrogens (primary N) is 1. The molecule has 0 saturated heterocycles. The van der Waals surface area contributed by atoms with Crippen molar-refractivity contribution in [2.24, 2.45) is 5.14 Å². The maximum absolute atomic E-state index is 11.3. The van der Waals surface area contributed by atoms with Crippen LogP contribution in [0.3, 0.4) is 0 Å². The van der Waals surface area contributed by atoms with E-state index in [1.54, 1.807) is 12.1 Å². The van der Waals surface area contributed by atoms with Crippen LogP contribution in [-0.4, -0.2) is 8.42 Å². The van der Waals surface area contributed by atoms with E-state index < -0.39 is 10.0 Å². The number of sulfonamides is 1. The van der Waals surface area contributed by atoms with Gasteiger partial charge in [0, 0.05) is 17.6 Å². The van der Waals surface area contributed by atoms with Gasteiger partial charge in [0.15, 0.2) is 0 Å². The Morgan fingerprint density at radius 1 is 1.00 bits per heavy atom. The molecule has 2 aromatic rings. The van der Waals surface area contributed by atoms with Crippen molar-refractivity contribution in [1.82, 2.24) is 5.32 Å². The summed E-state index contributed by atoms with van der Waals surface area (Å²) in [6.45, 7) is 1.30. The average Bonchev–Trinajstić information content (AvgIpc) is 2.40. The lowest BCUT2D eigenvalue weighted by molar-refractivity contribution is 0.597. The Balaban J connectivity index is 1.96. The molecular formula is C14H15BrN2O2S. The van der Waals surface area contributed by atoms with Crippen LogP contribution in [0, 0.1) is 0 Å². The first-order chi connectivity index (χ1) is 9.45. The van der Waals surface area contributed by atoms with Gasteiger partial charge in [0.1, 0.15) is 0 Å². The van der Waals surface area contributed by atoms with E-state index in [1.807, 2.05) is 30.3 Å². The molecule has 0 amide bonds. The Kier molecular flexibility index (Phi) is 4.93. The van der Waals surface area contributed by atoms with E-state index in [9.17, 15) is 8.42 Å². The second-order valence-corrected chi connectivity index (χ2v) is 6.90. The second-order valence-electron chi connectivity index (χ2n) is 4.42. The van der Waals surface area contributed by atoms with Crippen LogP contribution in [0.2, 0.25) is 0 Å². The number of halogens is 1. The van der Waals surface area contributed by atoms with Gasteiger partial charge in [-0.25, -0.2) is 13.6 Å². The Morgan fingerprint density at radius 2 is 1.65 bits per heavy atom. The minimum absolute atomic E-state index is 0.139. The molecule has 0 spiro atoms. The fraction of sp³-hybridized carbons (Fsp3) is 0.143. The zero-order valence-electron chi connectivity index (χ0n) is 10.7. The molecule has 0 aliphatic rings. The summed E-state index contributed by atoms with van der Waals surface area (Å²) in [5.41, 5.74) is 2.05. The van der Waals surface area contributed by atoms with Crippen LogP contribution >= 0.6 is 15.9 Å². The quantitative estimate of drug-likeness (QED) is 0.865. The third-order valence-corrected chi connectivity index (χ3v) is 4.24. The molecule has 3 N–H and O–H groups in total. The van der Waals surface area contributed by atoms with Gasteiger partial charge in [0.2, 0.25) is 10.0 Å². The molecule has 20 heavy (non-hydrogen) atoms. The number of primary sulfonamides is 1. The normalized spacial score (nSPS) is 11.5. The van der Waals surface area contributed by atoms with Gasteiger partial charge in [0.05, 0.1) is 4.90 Å². The Labute approximate surface area is 127 Å². The molecule has 0 radical (unpaired) electrons. The van der Waals surface area contributed by atoms with Crippen LogP contribution in [-0.2, 0) is 23.1 Å². The van der Waals surface area contributed by atoms with Gasteiger partial charge in [-0.2, -0.15) is 0 Å². The maximum atomic E-state index is 11.3. The van der Waals surface area contributed by atoms with E-state index in [-0.39, 0.29) is 4.90 Å². The standard InChI is InChI=1S/C14H15BrN2O2S/c15-13-6-4-11(5-7-13)9-17-10-12-2-1-3-14(8-12)20(16,18)19/h1-8,17H,9-10H2,(H2,16,18,19). The van der Waals surface area contributed by atoms with E-state index in [1.165, 1.54) is 6.07 Å². The van der Waals surface area contributed by atoms with Gasteiger partial charge in [-0.05, 0) is 35.4 Å². The molecule has 2 aromatic carbocycles. The SMILES string of the molecule is NS(=O)(=O)c1cccc(CNCc2ccc(Br)cc2)c1. The molecule has 0 aliphatic carbocycles. The van der Waals surface area contributed by atoms with Crippen molar-refractivity contribution >= 4 is 26.0 Å². The minimum Gasteiger partial charge on any atom is -0.309 e. The molecule has 0 atom stereocenters. The van der Waals surface area contributed by atoms with E-state index in [4.69, 9.17) is 5.14 Å². The highest BCUT2D eigenvalue weighted by Crippen LogP contribution is 2.11. The van der Waals surface area contributed by atoms with Crippen molar-refractivity contribution in [3.8, 4) is 0 Å². The number of rotatable bonds is 5. The third kappa shape index (κ3) is 4.42. The smallest absolute Gasteiger partial charge is 0.238 e. The Bertz CT molecular complexity index is 685. The summed E-state index contributed by atoms with van der Waals surface area (Å²) in [4.78, 5) is 0.139. The summed E-state index contributed by atoms with van der Waals surface area (Å²) < 4.78 is 23.6. The summed E-state index contributed by atoms with van der Waals surface area (Å²) in [6.07, 6.45) is 0. The lowest BCUT2D eigenvalue weighted by atomic mass is 10.2. The summed E-state index contributed by atoms with van der Waals surface area (Å²) in [5, 5.41) is 8.37. The molecule has 0 saturated carbocycles. The largest absolute Gasteiger partial charge is 0.309 e. The first-order valence-corrected chi connectivity index (χ1v) is 8.36. The number of benzene rings is 2. The molecule has 6 heteroatoms. The second kappa shape index (κ2) is 6.49. The molecule has 4 nitrogen and oxygen atoms in total. The Morgan fingerprint density at radius 3 is 2.30 bits per heavy atom. The van der Waals surface area contributed by atoms with Gasteiger partial charge >= 0.3 is 0 Å². The number of hydrogen-bond acceptors (Lipinski definition) is 3. The van der Waals surface area contributed by atoms with Crippen LogP contribution < -0.4 is 10.5 Å². The van der Waals surface area contributed by atoms with Gasteiger partial charge < -0.3 is 5.32 Å². The maximum Gasteiger partial charge on any atom is 0.238 e. The lowest BCUT2D eigenvalue weighted by Crippen LogP contribution is -2.15. The van der Waals surface area contributed by atoms with Crippen LogP contribution in [0.4, 0.5) is 0 Å². The molecule has 106 valence electrons. The van der Waals surface area contributed by atoms with E-state index in [0.29, 0.717) is 13.1 Å². The molecule has 0 unspecified atom stereocenters. The lowest BCUT2D eigenvalue weighted by Gasteiger charge is -2.07. The molecule has 0 aliphatic heterocycles. The number of hydrogen-bond donors (Lipinski definition) is 2. The average molecular weight is 355 g/mol. The van der Waals surface area contributed by atoms with Crippen LogP contribution in [0.1, 0.15) is 11.1 Å². The molecule has 0 aromatic heterocycles. The van der Waals surface area contributed by atoms with Crippen molar-refractivity contribution in [2.75, 3.05) is 0 Å². The summed E-state index contributed by atoms with van der Waals surface area (Å²) >= 11 is 3.39. The monoisotopic (exact) mass is 354 g/mol. The fourth-order valence-corrected chi connectivity index (χ4v) is 2.63. The minimum atomic E-state index is -3.64. The van der Waals surface area contributed by atoms with Gasteiger partial charge in [-0.15, -0.1) is 0 Å². The first kappa shape index (κ1) is 15.2. The summed E-state index contributed by atoms with van der Waals surface area (Å²) in [6, 6.07) is 14.7. The van der Waals surface area contributed by atoms with Crippen LogP contribution in [0.25, 0.3) is 0 Å². The van der Waals surface area contributed by atoms with Crippen LogP contribution in [0.15, 0.2) is 57.9 Å². The summed E-state index contributed by atoms with van der Waals surface area (Å²) in [5.74, 6) is 0. The van der Waals surface area contributed by atoms with Crippen LogP contribution in [0.5, 0.6) is 0 Å². The molecule has 0 bridgehead atoms. The molecular weight excluding hydrogens is 340 g/mol. The van der Waals surface area contributed by atoms with Crippen molar-refractivity contribution in [3.63, 3.8) is 0 Å². The summed E-state index contributed by atoms with van der Waals surface area (Å²) in [7, 11) is -3.64. The third-order valence-electron chi connectivity index (χ3n) is 2.80. The van der Waals surface area contributed by atoms with E-state index >= 15 is 0 Å². The fourth-order valence-electron chi connectivity index (χ4n) is 1.79. The molecule has 0 fully saturated rings. The number of nitrogens with one attached hydrogen (secondary N) is 1. The van der Waals surface area contributed by atoms with Crippen molar-refractivity contribution in [2.45, 2.75) is 18.0 Å². The predicted molar refractivity (Wildman–Crippen MR) is 82.5 cm³/mol. The van der Waals surface area contributed by atoms with Gasteiger partial charge in [-0.1, -0.05) is 40.2 Å². The van der Waals surface area contributed by atoms with E-state index in [2.05, 4.69) is 21.2 Å². The predicted octanol–water partition coefficient (Wildman–Crippen LogP) is 2.39. The topological polar surface area (TPSA) is 72.2 Å². The highest BCUT2D eigenvalue weighted by Gasteiger charge is 2.07. The molecule has 2 rings (SSSR count). The van der Waals surface area contributed by atoms with Crippen molar-refractivity contribution in [3.05, 3.63) is 64.1 Å². The van der Waals surface area contributed by atoms with Gasteiger partial charge in [-0.3, -0.25) is 0 Å². The highest BCUT2D eigenvalue weighted by atomic mass is 79.9. The van der Waals surface area contributed by atoms with Crippen molar-refractivity contribution in [1.29, 1.82) is 0 Å².